The van der Waals surface area contributed by atoms with Gasteiger partial charge in [-0.05, 0) is 24.5 Å². The number of benzene rings is 1. The van der Waals surface area contributed by atoms with Crippen molar-refractivity contribution in [2.24, 2.45) is 0 Å². The maximum Gasteiger partial charge on any atom is 0.332 e. The van der Waals surface area contributed by atoms with Crippen molar-refractivity contribution in [3.05, 3.63) is 60.0 Å². The molecule has 1 amide bonds. The molecule has 1 aromatic carbocycles. The van der Waals surface area contributed by atoms with E-state index in [1.165, 1.54) is 12.5 Å². The summed E-state index contributed by atoms with van der Waals surface area (Å²) in [7, 11) is 0. The normalized spacial score (nSPS) is 14.9. The molecule has 3 aromatic rings. The van der Waals surface area contributed by atoms with Crippen LogP contribution >= 0.6 is 0 Å². The molecule has 4 rings (SSSR count). The van der Waals surface area contributed by atoms with Gasteiger partial charge in [-0.2, -0.15) is 0 Å². The van der Waals surface area contributed by atoms with Crippen LogP contribution in [0.2, 0.25) is 0 Å². The number of carbonyl (C=O) groups excluding carboxylic acids is 2. The van der Waals surface area contributed by atoms with Gasteiger partial charge in [0.25, 0.3) is 5.91 Å². The maximum atomic E-state index is 12.5. The molecule has 1 saturated carbocycles. The number of nitrogens with one attached hydrogen (secondary N) is 2. The number of imidazole rings is 1. The van der Waals surface area contributed by atoms with Gasteiger partial charge < -0.3 is 15.0 Å². The molecule has 126 valence electrons. The standard InChI is InChI=1S/C18H16N4O3/c23-16(13-8-14-15(19-9-13)21-11-20-14)22-18(6-7-18)17(24)25-10-12-4-2-1-3-5-12/h1-5,8-9,11H,6-7,10H2,(H,22,23)(H,19,20,21). The van der Waals surface area contributed by atoms with E-state index in [2.05, 4.69) is 20.3 Å². The molecule has 0 radical (unpaired) electrons. The second-order valence-electron chi connectivity index (χ2n) is 6.10. The van der Waals surface area contributed by atoms with Crippen LogP contribution in [-0.4, -0.2) is 32.4 Å². The van der Waals surface area contributed by atoms with Gasteiger partial charge in [-0.25, -0.2) is 14.8 Å². The first-order valence-electron chi connectivity index (χ1n) is 7.99. The first kappa shape index (κ1) is 15.3. The quantitative estimate of drug-likeness (QED) is 0.694. The Hall–Kier alpha value is -3.22. The molecular weight excluding hydrogens is 320 g/mol. The van der Waals surface area contributed by atoms with Crippen molar-refractivity contribution < 1.29 is 14.3 Å². The molecule has 7 heteroatoms. The number of fused-ring (bicyclic) bond motifs is 1. The van der Waals surface area contributed by atoms with E-state index in [-0.39, 0.29) is 12.5 Å². The van der Waals surface area contributed by atoms with Crippen molar-refractivity contribution in [3.8, 4) is 0 Å². The Bertz CT molecular complexity index is 932. The van der Waals surface area contributed by atoms with E-state index >= 15 is 0 Å². The summed E-state index contributed by atoms with van der Waals surface area (Å²) in [5, 5.41) is 2.79. The van der Waals surface area contributed by atoms with Gasteiger partial charge in [-0.3, -0.25) is 4.79 Å². The summed E-state index contributed by atoms with van der Waals surface area (Å²) in [6.45, 7) is 0.193. The van der Waals surface area contributed by atoms with Crippen LogP contribution in [0.25, 0.3) is 11.2 Å². The highest BCUT2D eigenvalue weighted by molar-refractivity contribution is 6.00. The third kappa shape index (κ3) is 3.08. The molecule has 0 bridgehead atoms. The van der Waals surface area contributed by atoms with Crippen LogP contribution in [0, 0.1) is 0 Å². The monoisotopic (exact) mass is 336 g/mol. The molecule has 0 atom stereocenters. The maximum absolute atomic E-state index is 12.5. The van der Waals surface area contributed by atoms with Crippen molar-refractivity contribution in [1.29, 1.82) is 0 Å². The van der Waals surface area contributed by atoms with Gasteiger partial charge in [-0.1, -0.05) is 30.3 Å². The molecule has 2 N–H and O–H groups in total. The minimum atomic E-state index is -0.922. The minimum absolute atomic E-state index is 0.193. The lowest BCUT2D eigenvalue weighted by Crippen LogP contribution is -2.44. The lowest BCUT2D eigenvalue weighted by Gasteiger charge is -2.16. The molecule has 25 heavy (non-hydrogen) atoms. The number of rotatable bonds is 5. The number of hydrogen-bond donors (Lipinski definition) is 2. The summed E-state index contributed by atoms with van der Waals surface area (Å²) in [4.78, 5) is 35.9. The average Bonchev–Trinajstić information content (AvgIpc) is 3.27. The second-order valence-corrected chi connectivity index (χ2v) is 6.10. The molecule has 1 aliphatic rings. The summed E-state index contributed by atoms with van der Waals surface area (Å²) in [5.41, 5.74) is 1.57. The Morgan fingerprint density at radius 2 is 2.00 bits per heavy atom. The Balaban J connectivity index is 1.42. The number of nitrogens with zero attached hydrogens (tertiary/aromatic N) is 2. The average molecular weight is 336 g/mol. The predicted octanol–water partition coefficient (Wildman–Crippen LogP) is 1.96. The van der Waals surface area contributed by atoms with Crippen molar-refractivity contribution in [2.45, 2.75) is 25.0 Å². The molecule has 1 aliphatic carbocycles. The van der Waals surface area contributed by atoms with Crippen LogP contribution in [0.1, 0.15) is 28.8 Å². The third-order valence-electron chi connectivity index (χ3n) is 4.24. The molecule has 2 heterocycles. The fourth-order valence-electron chi connectivity index (χ4n) is 2.61. The predicted molar refractivity (Wildman–Crippen MR) is 89.6 cm³/mol. The Kier molecular flexibility index (Phi) is 3.68. The molecule has 0 aliphatic heterocycles. The van der Waals surface area contributed by atoms with Gasteiger partial charge in [0, 0.05) is 6.20 Å². The molecule has 1 fully saturated rings. The van der Waals surface area contributed by atoms with E-state index in [9.17, 15) is 9.59 Å². The zero-order valence-electron chi connectivity index (χ0n) is 13.4. The first-order valence-corrected chi connectivity index (χ1v) is 7.99. The van der Waals surface area contributed by atoms with Crippen molar-refractivity contribution in [2.75, 3.05) is 0 Å². The van der Waals surface area contributed by atoms with E-state index in [1.54, 1.807) is 6.07 Å². The molecular formula is C18H16N4O3. The Morgan fingerprint density at radius 1 is 1.20 bits per heavy atom. The lowest BCUT2D eigenvalue weighted by molar-refractivity contribution is -0.148. The molecule has 0 unspecified atom stereocenters. The van der Waals surface area contributed by atoms with Crippen LogP contribution in [0.4, 0.5) is 0 Å². The van der Waals surface area contributed by atoms with E-state index < -0.39 is 11.5 Å². The van der Waals surface area contributed by atoms with Gasteiger partial charge in [0.2, 0.25) is 0 Å². The zero-order valence-corrected chi connectivity index (χ0v) is 13.4. The summed E-state index contributed by atoms with van der Waals surface area (Å²) < 4.78 is 5.36. The Morgan fingerprint density at radius 3 is 2.76 bits per heavy atom. The second kappa shape index (κ2) is 6.01. The first-order chi connectivity index (χ1) is 12.2. The number of aromatic amines is 1. The molecule has 7 nitrogen and oxygen atoms in total. The number of H-pyrrole nitrogens is 1. The smallest absolute Gasteiger partial charge is 0.332 e. The van der Waals surface area contributed by atoms with E-state index in [0.29, 0.717) is 29.6 Å². The van der Waals surface area contributed by atoms with Crippen molar-refractivity contribution in [1.82, 2.24) is 20.3 Å². The third-order valence-corrected chi connectivity index (χ3v) is 4.24. The number of hydrogen-bond acceptors (Lipinski definition) is 5. The number of aromatic nitrogens is 3. The molecule has 2 aromatic heterocycles. The molecule has 0 saturated heterocycles. The fraction of sp³-hybridized carbons (Fsp3) is 0.222. The van der Waals surface area contributed by atoms with Gasteiger partial charge in [0.05, 0.1) is 17.4 Å². The van der Waals surface area contributed by atoms with Crippen molar-refractivity contribution >= 4 is 23.0 Å². The topological polar surface area (TPSA) is 97.0 Å². The molecule has 0 spiro atoms. The Labute approximate surface area is 143 Å². The fourth-order valence-corrected chi connectivity index (χ4v) is 2.61. The lowest BCUT2D eigenvalue weighted by atomic mass is 10.2. The van der Waals surface area contributed by atoms with Gasteiger partial charge in [0.1, 0.15) is 12.1 Å². The van der Waals surface area contributed by atoms with Gasteiger partial charge >= 0.3 is 5.97 Å². The van der Waals surface area contributed by atoms with Crippen LogP contribution in [0.15, 0.2) is 48.9 Å². The largest absolute Gasteiger partial charge is 0.459 e. The highest BCUT2D eigenvalue weighted by Crippen LogP contribution is 2.37. The van der Waals surface area contributed by atoms with E-state index in [0.717, 1.165) is 5.56 Å². The van der Waals surface area contributed by atoms with E-state index in [4.69, 9.17) is 4.74 Å². The summed E-state index contributed by atoms with van der Waals surface area (Å²) in [5.74, 6) is -0.751. The number of ether oxygens (including phenoxy) is 1. The highest BCUT2D eigenvalue weighted by atomic mass is 16.5. The van der Waals surface area contributed by atoms with Gasteiger partial charge in [0.15, 0.2) is 5.65 Å². The van der Waals surface area contributed by atoms with E-state index in [1.807, 2.05) is 30.3 Å². The van der Waals surface area contributed by atoms with Gasteiger partial charge in [-0.15, -0.1) is 0 Å². The SMILES string of the molecule is O=C(NC1(C(=O)OCc2ccccc2)CC1)c1cnc2nc[nH]c2c1. The van der Waals surface area contributed by atoms with Crippen LogP contribution in [0.3, 0.4) is 0 Å². The minimum Gasteiger partial charge on any atom is -0.459 e. The van der Waals surface area contributed by atoms with Crippen LogP contribution in [-0.2, 0) is 16.1 Å². The number of amides is 1. The zero-order chi connectivity index (χ0) is 17.3. The van der Waals surface area contributed by atoms with Crippen LogP contribution < -0.4 is 5.32 Å². The number of pyridine rings is 1. The van der Waals surface area contributed by atoms with Crippen LogP contribution in [0.5, 0.6) is 0 Å². The summed E-state index contributed by atoms with van der Waals surface area (Å²) in [6.07, 6.45) is 4.12. The summed E-state index contributed by atoms with van der Waals surface area (Å²) >= 11 is 0. The highest BCUT2D eigenvalue weighted by Gasteiger charge is 2.52. The van der Waals surface area contributed by atoms with Crippen molar-refractivity contribution in [3.63, 3.8) is 0 Å². The number of esters is 1. The number of carbonyl (C=O) groups is 2. The summed E-state index contributed by atoms with van der Waals surface area (Å²) in [6, 6.07) is 11.1.